The number of amides is 1. The van der Waals surface area contributed by atoms with Gasteiger partial charge in [-0.3, -0.25) is 24.5 Å². The number of piperazine rings is 1. The Morgan fingerprint density at radius 2 is 0.633 bits per heavy atom. The summed E-state index contributed by atoms with van der Waals surface area (Å²) in [6.07, 6.45) is 25.0. The van der Waals surface area contributed by atoms with Crippen LogP contribution in [0.3, 0.4) is 0 Å². The first kappa shape index (κ1) is 149. The Labute approximate surface area is 909 Å². The molecule has 0 aromatic carbocycles. The van der Waals surface area contributed by atoms with Crippen molar-refractivity contribution < 1.29 is 86.8 Å². The van der Waals surface area contributed by atoms with Crippen LogP contribution >= 0.6 is 0 Å². The average Bonchev–Trinajstić information content (AvgIpc) is 0.846. The van der Waals surface area contributed by atoms with E-state index < -0.39 is 5.60 Å². The van der Waals surface area contributed by atoms with Crippen molar-refractivity contribution in [3.05, 3.63) is 0 Å². The smallest absolute Gasteiger partial charge is 0.407 e. The van der Waals surface area contributed by atoms with E-state index in [0.29, 0.717) is 116 Å². The highest BCUT2D eigenvalue weighted by Gasteiger charge is 2.33. The average molecular weight is 2110 g/mol. The van der Waals surface area contributed by atoms with Crippen LogP contribution in [0.25, 0.3) is 0 Å². The van der Waals surface area contributed by atoms with Gasteiger partial charge in [0.2, 0.25) is 0 Å². The summed E-state index contributed by atoms with van der Waals surface area (Å²) >= 11 is 0. The van der Waals surface area contributed by atoms with Crippen molar-refractivity contribution >= 4 is 6.09 Å². The molecule has 147 heavy (non-hydrogen) atoms. The van der Waals surface area contributed by atoms with Crippen LogP contribution < -0.4 is 5.32 Å². The molecular formula is C119H252N10O18. The molecule has 3 unspecified atom stereocenters. The van der Waals surface area contributed by atoms with Gasteiger partial charge in [0.25, 0.3) is 0 Å². The molecule has 28 nitrogen and oxygen atoms in total. The largest absolute Gasteiger partial charge is 0.447 e. The van der Waals surface area contributed by atoms with Crippen LogP contribution in [0, 0.1) is 23.2 Å². The lowest BCUT2D eigenvalue weighted by atomic mass is 9.75. The van der Waals surface area contributed by atoms with Crippen molar-refractivity contribution in [3.8, 4) is 0 Å². The maximum atomic E-state index is 11.1. The minimum atomic E-state index is -0.513. The third-order valence-electron chi connectivity index (χ3n) is 27.1. The summed E-state index contributed by atoms with van der Waals surface area (Å²) in [7, 11) is 0. The van der Waals surface area contributed by atoms with Crippen LogP contribution in [0.2, 0.25) is 0 Å². The van der Waals surface area contributed by atoms with Gasteiger partial charge in [0.1, 0.15) is 0 Å². The first-order valence-corrected chi connectivity index (χ1v) is 59.6. The molecule has 8 rings (SSSR count). The molecule has 1 amide bonds. The molecule has 7 atom stereocenters. The Kier molecular flexibility index (Phi) is 92.6. The van der Waals surface area contributed by atoms with Crippen LogP contribution in [0.15, 0.2) is 0 Å². The van der Waals surface area contributed by atoms with Gasteiger partial charge in [0.15, 0.2) is 0 Å². The molecule has 5 N–H and O–H groups in total. The van der Waals surface area contributed by atoms with E-state index >= 15 is 0 Å². The van der Waals surface area contributed by atoms with Gasteiger partial charge < -0.3 is 107 Å². The van der Waals surface area contributed by atoms with Crippen molar-refractivity contribution in [1.82, 2.24) is 49.4 Å². The molecule has 0 aromatic rings. The molecule has 8 aliphatic heterocycles. The summed E-state index contributed by atoms with van der Waals surface area (Å²) in [6.45, 7) is 118. The van der Waals surface area contributed by atoms with Gasteiger partial charge >= 0.3 is 6.09 Å². The zero-order chi connectivity index (χ0) is 112. The van der Waals surface area contributed by atoms with Gasteiger partial charge in [-0.15, -0.1) is 0 Å². The normalized spacial score (nSPS) is 21.0. The van der Waals surface area contributed by atoms with Crippen LogP contribution in [0.4, 0.5) is 4.79 Å². The predicted octanol–water partition coefficient (Wildman–Crippen LogP) is 20.7. The number of nitrogens with zero attached hydrogens (tertiary/aromatic N) is 9. The van der Waals surface area contributed by atoms with E-state index in [4.69, 9.17) is 76.9 Å². The Balaban J connectivity index is -0.00000156. The van der Waals surface area contributed by atoms with E-state index in [1.54, 1.807) is 0 Å². The van der Waals surface area contributed by atoms with Gasteiger partial charge in [0, 0.05) is 143 Å². The number of carbonyl (C=O) groups excluding carboxylic acids is 1. The SMILES string of the molecule is CC(C)OC(=O)NCCN1CCCCC1.CC(C)OCCCN1CCC(C(C)(C)C)CC1.CC(C)OCCCN1CCCCC1(C)C.CC(C)OCCN1CC(C)OC(C)C1.CC(C)OCCN1CCC(C(C)(C)O)CC1.CC(C)OCCN1CCN(C(C)C)CC1.CC(C)OCCN1C[C@@H](C)O[C@@H](C)C1.CC1CCN(CCCOC(C)C)CC1.CCC(O)COC(C)C.CC[C@@H](O)COC(C)C.CC[C@H](O)COC(C)C. The highest BCUT2D eigenvalue weighted by molar-refractivity contribution is 5.67. The maximum absolute atomic E-state index is 11.1. The fourth-order valence-electron chi connectivity index (χ4n) is 17.8. The lowest BCUT2D eigenvalue weighted by Crippen LogP contribution is -2.49. The molecule has 886 valence electrons. The molecule has 0 aromatic heterocycles. The molecule has 28 heteroatoms. The standard InChI is InChI=1S/C15H31NO.C13H27NO2.C13H27NO.C12H26N2O.C12H25NO.C11H22N2O2.2C11H23NO2.3C7H16O2/c1-13(2)17-12-6-9-16-10-7-14(8-11-16)15(3,4)5;1-11(2)16-10-9-14-7-5-12(6-8-14)13(3,4)15;1-12(2)15-11-7-10-14-9-6-5-8-13(14,3)4;1-11(2)14-7-5-13(6-8-14)9-10-15-12(3)4;1-11(2)14-10-4-7-13-8-5-12(3)6-9-13;1-10(2)15-11(14)12-6-9-13-7-4-3-5-8-13;2*1-9(2)13-6-5-12-7-10(3)14-11(4)8-12;3*1-4-7(8)5-9-6(2)3/h13-14H,6-12H2,1-5H3;11-12,15H,5-10H2,1-4H3;12H,5-11H2,1-4H3;11-12H,5-10H2,1-4H3;11-12H,4-10H2,1-3H3;10H,3-9H2,1-2H3,(H,12,14);2*9-11H,5-8H2,1-4H3;3*6-8H,4-5H2,1-3H3/t;;;;;;10-,11+;;2*7-;/m........10./s1. The van der Waals surface area contributed by atoms with Gasteiger partial charge in [-0.25, -0.2) is 4.79 Å². The Hall–Kier alpha value is -1.73. The number of ether oxygens (including phenoxy) is 13. The van der Waals surface area contributed by atoms with E-state index in [-0.39, 0.29) is 48.8 Å². The lowest BCUT2D eigenvalue weighted by molar-refractivity contribution is -0.0751. The van der Waals surface area contributed by atoms with E-state index in [2.05, 4.69) is 229 Å². The minimum Gasteiger partial charge on any atom is -0.447 e. The molecule has 8 fully saturated rings. The number of alkyl carbamates (subject to hydrolysis) is 1. The third kappa shape index (κ3) is 94.0. The van der Waals surface area contributed by atoms with Gasteiger partial charge in [-0.1, -0.05) is 61.3 Å². The lowest BCUT2D eigenvalue weighted by Gasteiger charge is -2.42. The van der Waals surface area contributed by atoms with Crippen molar-refractivity contribution in [2.45, 2.75) is 513 Å². The van der Waals surface area contributed by atoms with E-state index in [9.17, 15) is 9.90 Å². The molecule has 0 aliphatic carbocycles. The number of morpholine rings is 2. The van der Waals surface area contributed by atoms with Crippen LogP contribution in [-0.2, 0) is 61.6 Å². The highest BCUT2D eigenvalue weighted by Crippen LogP contribution is 2.35. The summed E-state index contributed by atoms with van der Waals surface area (Å²) in [6, 6.07) is 0.694. The van der Waals surface area contributed by atoms with Crippen LogP contribution in [-0.4, -0.2) is 434 Å². The van der Waals surface area contributed by atoms with Crippen molar-refractivity contribution in [2.24, 2.45) is 23.2 Å². The summed E-state index contributed by atoms with van der Waals surface area (Å²) in [5.41, 5.74) is 0.392. The molecule has 0 bridgehead atoms. The van der Waals surface area contributed by atoms with Crippen molar-refractivity contribution in [3.63, 3.8) is 0 Å². The zero-order valence-corrected chi connectivity index (χ0v) is 104. The van der Waals surface area contributed by atoms with Crippen molar-refractivity contribution in [1.29, 1.82) is 0 Å². The molecule has 8 heterocycles. The summed E-state index contributed by atoms with van der Waals surface area (Å²) in [4.78, 5) is 33.6. The number of hydrogen-bond acceptors (Lipinski definition) is 27. The highest BCUT2D eigenvalue weighted by atomic mass is 16.6. The monoisotopic (exact) mass is 2110 g/mol. The fraction of sp³-hybridized carbons (Fsp3) is 0.992. The Bertz CT molecular complexity index is 2730. The first-order valence-electron chi connectivity index (χ1n) is 59.6. The van der Waals surface area contributed by atoms with E-state index in [0.717, 1.165) is 162 Å². The summed E-state index contributed by atoms with van der Waals surface area (Å²) in [5, 5.41) is 39.6. The molecular weight excluding hydrogens is 1860 g/mol. The molecule has 8 aliphatic rings. The van der Waals surface area contributed by atoms with Gasteiger partial charge in [0.05, 0.1) is 162 Å². The number of rotatable bonds is 49. The van der Waals surface area contributed by atoms with Crippen molar-refractivity contribution in [2.75, 3.05) is 236 Å². The topological polar surface area (TPSA) is 259 Å². The first-order chi connectivity index (χ1) is 68.9. The van der Waals surface area contributed by atoms with Crippen LogP contribution in [0.1, 0.15) is 386 Å². The Morgan fingerprint density at radius 3 is 0.939 bits per heavy atom. The number of likely N-dealkylation sites (tertiary alicyclic amines) is 5. The molecule has 8 saturated heterocycles. The van der Waals surface area contributed by atoms with E-state index in [1.807, 2.05) is 90.0 Å². The molecule has 0 saturated carbocycles. The Morgan fingerprint density at radius 1 is 0.340 bits per heavy atom. The predicted molar refractivity (Wildman–Crippen MR) is 618 cm³/mol. The molecule has 0 spiro atoms. The van der Waals surface area contributed by atoms with Gasteiger partial charge in [-0.2, -0.15) is 0 Å². The minimum absolute atomic E-state index is 0.0417. The number of aliphatic hydroxyl groups is 4. The number of piperidine rings is 5. The maximum Gasteiger partial charge on any atom is 0.407 e. The number of nitrogens with one attached hydrogen (secondary N) is 1. The summed E-state index contributed by atoms with van der Waals surface area (Å²) in [5.74, 6) is 2.30. The second-order valence-electron chi connectivity index (χ2n) is 48.2. The number of hydrogen-bond donors (Lipinski definition) is 5. The summed E-state index contributed by atoms with van der Waals surface area (Å²) < 4.78 is 70.6. The van der Waals surface area contributed by atoms with Gasteiger partial charge in [-0.05, 0) is 406 Å². The van der Waals surface area contributed by atoms with E-state index in [1.165, 1.54) is 175 Å². The van der Waals surface area contributed by atoms with Crippen LogP contribution in [0.5, 0.6) is 0 Å². The number of aliphatic hydroxyl groups excluding tert-OH is 3. The second kappa shape index (κ2) is 91.1. The molecule has 0 radical (unpaired) electrons. The quantitative estimate of drug-likeness (QED) is 0.0355. The zero-order valence-electron chi connectivity index (χ0n) is 104. The fourth-order valence-corrected chi connectivity index (χ4v) is 17.8. The second-order valence-corrected chi connectivity index (χ2v) is 48.2. The third-order valence-corrected chi connectivity index (χ3v) is 27.1. The number of carbonyl (C=O) groups is 1.